The molecule has 2 atom stereocenters. The first-order valence-electron chi connectivity index (χ1n) is 9.92. The van der Waals surface area contributed by atoms with Gasteiger partial charge in [0.25, 0.3) is 5.56 Å². The predicted octanol–water partition coefficient (Wildman–Crippen LogP) is 3.23. The van der Waals surface area contributed by atoms with E-state index in [9.17, 15) is 13.6 Å². The van der Waals surface area contributed by atoms with Crippen molar-refractivity contribution in [2.75, 3.05) is 7.11 Å². The van der Waals surface area contributed by atoms with Crippen molar-refractivity contribution in [3.63, 3.8) is 0 Å². The van der Waals surface area contributed by atoms with Gasteiger partial charge in [0.2, 0.25) is 5.95 Å². The number of ether oxygens (including phenoxy) is 1. The Balaban J connectivity index is 1.86. The number of aromatic nitrogens is 2. The van der Waals surface area contributed by atoms with Crippen LogP contribution in [-0.2, 0) is 12.1 Å². The van der Waals surface area contributed by atoms with Crippen LogP contribution in [0.5, 0.6) is 5.75 Å². The molecule has 2 aromatic heterocycles. The Morgan fingerprint density at radius 1 is 1.16 bits per heavy atom. The van der Waals surface area contributed by atoms with Crippen molar-refractivity contribution >= 4 is 5.84 Å². The predicted molar refractivity (Wildman–Crippen MR) is 113 cm³/mol. The van der Waals surface area contributed by atoms with E-state index in [-0.39, 0.29) is 23.2 Å². The number of nitrogens with one attached hydrogen (secondary N) is 1. The maximum atomic E-state index is 13.6. The number of amidine groups is 1. The summed E-state index contributed by atoms with van der Waals surface area (Å²) in [7, 11) is 1.44. The molecular weight excluding hydrogens is 402 g/mol. The Bertz CT molecular complexity index is 1110. The highest BCUT2D eigenvalue weighted by atomic mass is 19.1. The van der Waals surface area contributed by atoms with Crippen LogP contribution < -0.4 is 15.6 Å². The van der Waals surface area contributed by atoms with Crippen molar-refractivity contribution in [2.24, 2.45) is 4.99 Å². The Morgan fingerprint density at radius 2 is 1.87 bits per heavy atom. The highest BCUT2D eigenvalue weighted by Crippen LogP contribution is 2.38. The summed E-state index contributed by atoms with van der Waals surface area (Å²) in [5.74, 6) is -0.201. The van der Waals surface area contributed by atoms with Crippen molar-refractivity contribution < 1.29 is 13.5 Å². The molecule has 8 heteroatoms. The van der Waals surface area contributed by atoms with Gasteiger partial charge in [0.1, 0.15) is 17.2 Å². The largest absolute Gasteiger partial charge is 0.491 e. The van der Waals surface area contributed by atoms with Crippen LogP contribution in [0, 0.1) is 11.8 Å². The second-order valence-corrected chi connectivity index (χ2v) is 7.35. The minimum Gasteiger partial charge on any atom is -0.491 e. The van der Waals surface area contributed by atoms with E-state index in [4.69, 9.17) is 9.73 Å². The summed E-state index contributed by atoms with van der Waals surface area (Å²) < 4.78 is 34.0. The first-order chi connectivity index (χ1) is 14.9. The highest BCUT2D eigenvalue weighted by Gasteiger charge is 2.45. The number of aryl methyl sites for hydroxylation is 1. The van der Waals surface area contributed by atoms with Crippen molar-refractivity contribution in [3.05, 3.63) is 93.7 Å². The lowest BCUT2D eigenvalue weighted by molar-refractivity contribution is 0.403. The fraction of sp³-hybridized carbons (Fsp3) is 0.261. The molecule has 4 rings (SSSR count). The zero-order chi connectivity index (χ0) is 22.2. The highest BCUT2D eigenvalue weighted by molar-refractivity contribution is 6.01. The van der Waals surface area contributed by atoms with Crippen LogP contribution >= 0.6 is 0 Å². The van der Waals surface area contributed by atoms with Gasteiger partial charge in [-0.15, -0.1) is 0 Å². The van der Waals surface area contributed by atoms with E-state index in [1.165, 1.54) is 31.5 Å². The minimum atomic E-state index is -0.899. The molecule has 1 aliphatic heterocycles. The molecule has 1 aromatic carbocycles. The Morgan fingerprint density at radius 3 is 2.48 bits per heavy atom. The summed E-state index contributed by atoms with van der Waals surface area (Å²) in [5.41, 5.74) is 0.980. The van der Waals surface area contributed by atoms with Crippen LogP contribution in [0.15, 0.2) is 64.6 Å². The summed E-state index contributed by atoms with van der Waals surface area (Å²) >= 11 is 0. The molecular formula is C23H22F2N4O2. The average Bonchev–Trinajstić information content (AvgIpc) is 3.13. The molecule has 1 N–H and O–H groups in total. The van der Waals surface area contributed by atoms with Crippen LogP contribution in [0.1, 0.15) is 30.5 Å². The molecule has 1 aliphatic rings. The zero-order valence-electron chi connectivity index (χ0n) is 17.4. The average molecular weight is 424 g/mol. The summed E-state index contributed by atoms with van der Waals surface area (Å²) in [4.78, 5) is 21.0. The Kier molecular flexibility index (Phi) is 5.31. The van der Waals surface area contributed by atoms with Crippen molar-refractivity contribution in [3.8, 4) is 5.75 Å². The number of aliphatic imine (C=N–C) groups is 1. The van der Waals surface area contributed by atoms with Crippen LogP contribution in [0.3, 0.4) is 0 Å². The molecule has 3 aromatic rings. The minimum absolute atomic E-state index is 0.208. The van der Waals surface area contributed by atoms with Crippen LogP contribution in [0.2, 0.25) is 0 Å². The number of pyridine rings is 2. The summed E-state index contributed by atoms with van der Waals surface area (Å²) in [5, 5.41) is 3.46. The van der Waals surface area contributed by atoms with Crippen molar-refractivity contribution in [1.82, 2.24) is 14.9 Å². The van der Waals surface area contributed by atoms with E-state index in [1.807, 2.05) is 13.8 Å². The molecule has 0 fully saturated rings. The Hall–Kier alpha value is -3.55. The van der Waals surface area contributed by atoms with E-state index >= 15 is 0 Å². The number of hydrogen-bond donors (Lipinski definition) is 1. The van der Waals surface area contributed by atoms with Gasteiger partial charge in [-0.05, 0) is 43.7 Å². The molecule has 0 aliphatic carbocycles. The van der Waals surface area contributed by atoms with Gasteiger partial charge in [-0.1, -0.05) is 18.2 Å². The molecule has 0 spiro atoms. The molecule has 31 heavy (non-hydrogen) atoms. The van der Waals surface area contributed by atoms with E-state index in [0.717, 1.165) is 5.56 Å². The van der Waals surface area contributed by atoms with Gasteiger partial charge in [-0.3, -0.25) is 9.79 Å². The SMILES string of the molecule is CCn1cc(C2=NC(C)C(c3ccc(F)cc3)(c3ccc(F)nc3)N2)cc(OC)c1=O. The summed E-state index contributed by atoms with van der Waals surface area (Å²) in [6.45, 7) is 4.25. The van der Waals surface area contributed by atoms with Gasteiger partial charge >= 0.3 is 0 Å². The number of rotatable bonds is 5. The maximum Gasteiger partial charge on any atom is 0.292 e. The van der Waals surface area contributed by atoms with E-state index in [2.05, 4.69) is 10.3 Å². The summed E-state index contributed by atoms with van der Waals surface area (Å²) in [6, 6.07) is 10.3. The molecule has 2 unspecified atom stereocenters. The molecule has 0 bridgehead atoms. The molecule has 0 radical (unpaired) electrons. The smallest absolute Gasteiger partial charge is 0.292 e. The molecule has 160 valence electrons. The fourth-order valence-corrected chi connectivity index (χ4v) is 3.99. The van der Waals surface area contributed by atoms with Crippen LogP contribution in [0.4, 0.5) is 8.78 Å². The lowest BCUT2D eigenvalue weighted by Crippen LogP contribution is -2.48. The van der Waals surface area contributed by atoms with Crippen LogP contribution in [0.25, 0.3) is 0 Å². The molecule has 6 nitrogen and oxygen atoms in total. The topological polar surface area (TPSA) is 68.5 Å². The molecule has 0 saturated heterocycles. The number of nitrogens with zero attached hydrogens (tertiary/aromatic N) is 3. The standard InChI is InChI=1S/C23H22F2N4O2/c1-4-29-13-15(11-19(31-3)22(29)30)21-27-14(2)23(28-21,16-5-8-18(24)9-6-16)17-7-10-20(25)26-12-17/h5-14H,4H2,1-3H3,(H,27,28). The van der Waals surface area contributed by atoms with Crippen LogP contribution in [-0.4, -0.2) is 28.5 Å². The quantitative estimate of drug-likeness (QED) is 0.639. The normalized spacial score (nSPS) is 20.3. The van der Waals surface area contributed by atoms with Gasteiger partial charge in [-0.2, -0.15) is 4.39 Å². The zero-order valence-corrected chi connectivity index (χ0v) is 17.4. The third kappa shape index (κ3) is 3.48. The number of benzene rings is 1. The third-order valence-corrected chi connectivity index (χ3v) is 5.63. The number of hydrogen-bond acceptors (Lipinski definition) is 5. The van der Waals surface area contributed by atoms with Gasteiger partial charge in [0.05, 0.1) is 13.2 Å². The van der Waals surface area contributed by atoms with Gasteiger partial charge in [0.15, 0.2) is 5.75 Å². The lowest BCUT2D eigenvalue weighted by atomic mass is 9.79. The lowest BCUT2D eigenvalue weighted by Gasteiger charge is -2.34. The second-order valence-electron chi connectivity index (χ2n) is 7.35. The number of halogens is 2. The van der Waals surface area contributed by atoms with Crippen molar-refractivity contribution in [1.29, 1.82) is 0 Å². The van der Waals surface area contributed by atoms with Gasteiger partial charge < -0.3 is 14.6 Å². The first kappa shape index (κ1) is 20.7. The van der Waals surface area contributed by atoms with Gasteiger partial charge in [-0.25, -0.2) is 9.37 Å². The molecule has 3 heterocycles. The number of methoxy groups -OCH3 is 1. The van der Waals surface area contributed by atoms with E-state index in [1.54, 1.807) is 35.0 Å². The molecule has 0 saturated carbocycles. The van der Waals surface area contributed by atoms with E-state index < -0.39 is 11.5 Å². The monoisotopic (exact) mass is 424 g/mol. The van der Waals surface area contributed by atoms with Crippen molar-refractivity contribution in [2.45, 2.75) is 32.0 Å². The maximum absolute atomic E-state index is 13.6. The molecule has 0 amide bonds. The van der Waals surface area contributed by atoms with E-state index in [0.29, 0.717) is 23.5 Å². The summed E-state index contributed by atoms with van der Waals surface area (Å²) in [6.07, 6.45) is 3.17. The first-order valence-corrected chi connectivity index (χ1v) is 9.92. The second kappa shape index (κ2) is 7.94. The van der Waals surface area contributed by atoms with Gasteiger partial charge in [0, 0.05) is 30.1 Å². The Labute approximate surface area is 178 Å². The fourth-order valence-electron chi connectivity index (χ4n) is 3.99. The third-order valence-electron chi connectivity index (χ3n) is 5.63.